The summed E-state index contributed by atoms with van der Waals surface area (Å²) in [7, 11) is 0. The number of amides is 4. The van der Waals surface area contributed by atoms with Crippen molar-refractivity contribution >= 4 is 17.8 Å². The molecule has 31 heavy (non-hydrogen) atoms. The number of nitrogens with zero attached hydrogens (tertiary/aromatic N) is 2. The lowest BCUT2D eigenvalue weighted by molar-refractivity contribution is -0.139. The summed E-state index contributed by atoms with van der Waals surface area (Å²) in [5.74, 6) is 0.922. The predicted molar refractivity (Wildman–Crippen MR) is 107 cm³/mol. The van der Waals surface area contributed by atoms with Crippen LogP contribution >= 0.6 is 0 Å². The molecule has 1 aromatic heterocycles. The number of hydrogen-bond acceptors (Lipinski definition) is 6. The molecule has 162 valence electrons. The van der Waals surface area contributed by atoms with Crippen LogP contribution in [0.2, 0.25) is 0 Å². The van der Waals surface area contributed by atoms with E-state index in [0.29, 0.717) is 37.0 Å². The second kappa shape index (κ2) is 7.33. The zero-order valence-corrected chi connectivity index (χ0v) is 17.1. The number of nitrogens with one attached hydrogen (secondary N) is 1. The van der Waals surface area contributed by atoms with Crippen molar-refractivity contribution in [3.63, 3.8) is 0 Å². The number of benzene rings is 1. The fourth-order valence-electron chi connectivity index (χ4n) is 4.48. The molecule has 9 heteroatoms. The van der Waals surface area contributed by atoms with E-state index in [9.17, 15) is 14.4 Å². The molecule has 2 atom stereocenters. The number of carbonyl (C=O) groups excluding carboxylic acids is 3. The highest BCUT2D eigenvalue weighted by atomic mass is 16.6. The monoisotopic (exact) mass is 425 g/mol. The van der Waals surface area contributed by atoms with Crippen molar-refractivity contribution in [3.05, 3.63) is 47.9 Å². The minimum Gasteiger partial charge on any atom is -0.486 e. The van der Waals surface area contributed by atoms with Crippen LogP contribution in [0.1, 0.15) is 37.1 Å². The highest BCUT2D eigenvalue weighted by molar-refractivity contribution is 6.08. The van der Waals surface area contributed by atoms with Crippen molar-refractivity contribution in [1.82, 2.24) is 15.1 Å². The summed E-state index contributed by atoms with van der Waals surface area (Å²) in [5.41, 5.74) is -0.367. The van der Waals surface area contributed by atoms with Gasteiger partial charge >= 0.3 is 6.03 Å². The van der Waals surface area contributed by atoms with E-state index < -0.39 is 17.5 Å². The molecule has 2 fully saturated rings. The van der Waals surface area contributed by atoms with Crippen LogP contribution in [0.15, 0.2) is 41.0 Å². The Kier molecular flexibility index (Phi) is 4.60. The molecular weight excluding hydrogens is 402 g/mol. The smallest absolute Gasteiger partial charge is 0.325 e. The molecule has 1 N–H and O–H groups in total. The number of rotatable bonds is 4. The van der Waals surface area contributed by atoms with Crippen LogP contribution in [-0.4, -0.2) is 53.9 Å². The van der Waals surface area contributed by atoms with Gasteiger partial charge in [-0.2, -0.15) is 0 Å². The summed E-state index contributed by atoms with van der Waals surface area (Å²) in [6.45, 7) is 2.83. The number of fused-ring (bicyclic) bond motifs is 1. The van der Waals surface area contributed by atoms with Crippen molar-refractivity contribution in [2.24, 2.45) is 0 Å². The van der Waals surface area contributed by atoms with Crippen molar-refractivity contribution in [1.29, 1.82) is 0 Å². The Bertz CT molecular complexity index is 1040. The minimum absolute atomic E-state index is 0.138. The summed E-state index contributed by atoms with van der Waals surface area (Å²) in [6.07, 6.45) is 3.08. The van der Waals surface area contributed by atoms with Gasteiger partial charge in [0.15, 0.2) is 17.0 Å². The molecule has 5 rings (SSSR count). The molecule has 2 aromatic rings. The van der Waals surface area contributed by atoms with Crippen LogP contribution in [0.4, 0.5) is 4.79 Å². The van der Waals surface area contributed by atoms with E-state index in [1.807, 2.05) is 18.2 Å². The Morgan fingerprint density at radius 3 is 2.77 bits per heavy atom. The fraction of sp³-hybridized carbons (Fsp3) is 0.409. The van der Waals surface area contributed by atoms with Gasteiger partial charge in [0, 0.05) is 6.54 Å². The van der Waals surface area contributed by atoms with E-state index >= 15 is 0 Å². The Balaban J connectivity index is 1.33. The van der Waals surface area contributed by atoms with Gasteiger partial charge in [-0.15, -0.1) is 0 Å². The maximum Gasteiger partial charge on any atom is 0.325 e. The van der Waals surface area contributed by atoms with E-state index in [1.165, 1.54) is 6.26 Å². The molecule has 1 aromatic carbocycles. The lowest BCUT2D eigenvalue weighted by Crippen LogP contribution is -2.44. The van der Waals surface area contributed by atoms with Gasteiger partial charge in [0.25, 0.3) is 5.91 Å². The van der Waals surface area contributed by atoms with E-state index in [2.05, 4.69) is 5.32 Å². The summed E-state index contributed by atoms with van der Waals surface area (Å²) in [6, 6.07) is 8.24. The Morgan fingerprint density at radius 1 is 1.19 bits per heavy atom. The summed E-state index contributed by atoms with van der Waals surface area (Å²) in [4.78, 5) is 41.3. The van der Waals surface area contributed by atoms with E-state index in [-0.39, 0.29) is 18.5 Å². The van der Waals surface area contributed by atoms with Gasteiger partial charge < -0.3 is 24.1 Å². The summed E-state index contributed by atoms with van der Waals surface area (Å²) in [5, 5.41) is 2.65. The lowest BCUT2D eigenvalue weighted by atomic mass is 9.99. The van der Waals surface area contributed by atoms with Gasteiger partial charge in [-0.3, -0.25) is 14.5 Å². The Hall–Kier alpha value is -3.49. The number of hydrogen-bond donors (Lipinski definition) is 1. The first-order valence-corrected chi connectivity index (χ1v) is 10.3. The van der Waals surface area contributed by atoms with Crippen molar-refractivity contribution in [2.75, 3.05) is 26.3 Å². The van der Waals surface area contributed by atoms with Crippen LogP contribution < -0.4 is 14.8 Å². The molecule has 2 unspecified atom stereocenters. The zero-order chi connectivity index (χ0) is 21.6. The normalized spacial score (nSPS) is 25.1. The first kappa shape index (κ1) is 19.5. The van der Waals surface area contributed by atoms with Gasteiger partial charge in [-0.1, -0.05) is 6.07 Å². The van der Waals surface area contributed by atoms with E-state index in [4.69, 9.17) is 13.9 Å². The molecule has 9 nitrogen and oxygen atoms in total. The number of likely N-dealkylation sites (tertiary alicyclic amines) is 1. The maximum absolute atomic E-state index is 13.1. The first-order valence-electron chi connectivity index (χ1n) is 10.3. The van der Waals surface area contributed by atoms with Crippen LogP contribution in [0.25, 0.3) is 0 Å². The Morgan fingerprint density at radius 2 is 2.00 bits per heavy atom. The molecule has 0 radical (unpaired) electrons. The van der Waals surface area contributed by atoms with E-state index in [0.717, 1.165) is 23.3 Å². The van der Waals surface area contributed by atoms with Gasteiger partial charge in [0.05, 0.1) is 12.3 Å². The summed E-state index contributed by atoms with van der Waals surface area (Å²) < 4.78 is 16.6. The third kappa shape index (κ3) is 3.20. The predicted octanol–water partition coefficient (Wildman–Crippen LogP) is 2.18. The quantitative estimate of drug-likeness (QED) is 0.754. The zero-order valence-electron chi connectivity index (χ0n) is 17.1. The molecular formula is C22H23N3O6. The number of urea groups is 1. The number of ether oxygens (including phenoxy) is 2. The maximum atomic E-state index is 13.1. The average molecular weight is 425 g/mol. The van der Waals surface area contributed by atoms with Crippen LogP contribution in [0.5, 0.6) is 11.5 Å². The fourth-order valence-corrected chi connectivity index (χ4v) is 4.48. The number of furan rings is 1. The van der Waals surface area contributed by atoms with Crippen LogP contribution in [0.3, 0.4) is 0 Å². The topological polar surface area (TPSA) is 101 Å². The van der Waals surface area contributed by atoms with Gasteiger partial charge in [0.1, 0.15) is 25.5 Å². The Labute approximate surface area is 178 Å². The molecule has 2 saturated heterocycles. The second-order valence-corrected chi connectivity index (χ2v) is 8.07. The van der Waals surface area contributed by atoms with Crippen LogP contribution in [-0.2, 0) is 15.1 Å². The SMILES string of the molecule is CC1(c2ccco2)NC(=O)N(CC(=O)N2CCCC2c2ccc3c(c2)OCCO3)C1=O. The molecule has 4 heterocycles. The van der Waals surface area contributed by atoms with Crippen LogP contribution in [0, 0.1) is 0 Å². The molecule has 4 amide bonds. The summed E-state index contributed by atoms with van der Waals surface area (Å²) >= 11 is 0. The van der Waals surface area contributed by atoms with Crippen molar-refractivity contribution in [2.45, 2.75) is 31.3 Å². The second-order valence-electron chi connectivity index (χ2n) is 8.07. The molecule has 3 aliphatic rings. The van der Waals surface area contributed by atoms with Gasteiger partial charge in [0.2, 0.25) is 5.91 Å². The molecule has 0 bridgehead atoms. The number of imide groups is 1. The average Bonchev–Trinajstić information content (AvgIpc) is 3.52. The largest absolute Gasteiger partial charge is 0.486 e. The van der Waals surface area contributed by atoms with Crippen molar-refractivity contribution in [3.8, 4) is 11.5 Å². The molecule has 0 saturated carbocycles. The minimum atomic E-state index is -1.32. The van der Waals surface area contributed by atoms with Gasteiger partial charge in [-0.25, -0.2) is 4.79 Å². The highest BCUT2D eigenvalue weighted by Crippen LogP contribution is 2.38. The molecule has 3 aliphatic heterocycles. The molecule has 0 spiro atoms. The standard InChI is InChI=1S/C22H23N3O6/c1-22(18-5-3-9-31-18)20(27)25(21(28)23-22)13-19(26)24-8-2-4-15(24)14-6-7-16-17(12-14)30-11-10-29-16/h3,5-7,9,12,15H,2,4,8,10-11,13H2,1H3,(H,23,28). The third-order valence-corrected chi connectivity index (χ3v) is 6.11. The van der Waals surface area contributed by atoms with Crippen molar-refractivity contribution < 1.29 is 28.3 Å². The highest BCUT2D eigenvalue weighted by Gasteiger charge is 2.52. The first-order chi connectivity index (χ1) is 15.0. The molecule has 0 aliphatic carbocycles. The number of carbonyl (C=O) groups is 3. The lowest BCUT2D eigenvalue weighted by Gasteiger charge is -2.28. The third-order valence-electron chi connectivity index (χ3n) is 6.11. The van der Waals surface area contributed by atoms with Gasteiger partial charge in [-0.05, 0) is 49.6 Å². The van der Waals surface area contributed by atoms with E-state index in [1.54, 1.807) is 24.0 Å².